The van der Waals surface area contributed by atoms with E-state index in [0.717, 1.165) is 41.1 Å². The molecular weight excluding hydrogens is 424 g/mol. The lowest BCUT2D eigenvalue weighted by Gasteiger charge is -2.15. The number of para-hydroxylation sites is 2. The molecule has 0 aliphatic rings. The van der Waals surface area contributed by atoms with Gasteiger partial charge in [0.15, 0.2) is 11.0 Å². The highest BCUT2D eigenvalue weighted by Gasteiger charge is 2.20. The number of hydrogen-bond acceptors (Lipinski definition) is 7. The molecule has 0 aliphatic carbocycles. The van der Waals surface area contributed by atoms with Gasteiger partial charge < -0.3 is 0 Å². The smallest absolute Gasteiger partial charge is 0.267 e. The van der Waals surface area contributed by atoms with E-state index in [-0.39, 0.29) is 5.56 Å². The monoisotopic (exact) mass is 446 g/mol. The van der Waals surface area contributed by atoms with Crippen LogP contribution >= 0.6 is 11.8 Å². The number of hydrogen-bond donors (Lipinski definition) is 0. The number of nitrogens with zero attached hydrogens (tertiary/aromatic N) is 8. The van der Waals surface area contributed by atoms with Gasteiger partial charge in [0.1, 0.15) is 0 Å². The van der Waals surface area contributed by atoms with Crippen LogP contribution in [0.5, 0.6) is 0 Å². The molecule has 0 radical (unpaired) electrons. The Labute approximate surface area is 188 Å². The minimum absolute atomic E-state index is 0.110. The molecule has 0 amide bonds. The quantitative estimate of drug-likeness (QED) is 0.369. The van der Waals surface area contributed by atoms with Gasteiger partial charge in [0, 0.05) is 6.54 Å². The summed E-state index contributed by atoms with van der Waals surface area (Å²) in [6.07, 6.45) is 0.948. The zero-order valence-corrected chi connectivity index (χ0v) is 18.9. The first-order chi connectivity index (χ1) is 15.6. The molecule has 9 nitrogen and oxygen atoms in total. The largest absolute Gasteiger partial charge is 0.268 e. The van der Waals surface area contributed by atoms with Crippen molar-refractivity contribution in [3.05, 3.63) is 69.8 Å². The fourth-order valence-corrected chi connectivity index (χ4v) is 4.85. The number of rotatable bonds is 6. The van der Waals surface area contributed by atoms with E-state index in [2.05, 4.69) is 32.6 Å². The van der Waals surface area contributed by atoms with Gasteiger partial charge in [-0.1, -0.05) is 49.0 Å². The summed E-state index contributed by atoms with van der Waals surface area (Å²) in [4.78, 5) is 13.6. The highest BCUT2D eigenvalue weighted by Crippen LogP contribution is 2.27. The number of fused-ring (bicyclic) bond motifs is 3. The summed E-state index contributed by atoms with van der Waals surface area (Å²) in [5.41, 5.74) is 3.50. The SMILES string of the molecule is CCCn1nnnc1CSc1nnc2n(-c3c(C)cccc3C)c(=O)c3ccccc3n12. The van der Waals surface area contributed by atoms with Gasteiger partial charge in [-0.2, -0.15) is 0 Å². The van der Waals surface area contributed by atoms with Crippen LogP contribution < -0.4 is 5.56 Å². The van der Waals surface area contributed by atoms with E-state index in [0.29, 0.717) is 22.1 Å². The Bertz CT molecular complexity index is 1480. The van der Waals surface area contributed by atoms with Crippen LogP contribution in [0.2, 0.25) is 0 Å². The van der Waals surface area contributed by atoms with Crippen LogP contribution in [-0.2, 0) is 12.3 Å². The molecule has 32 heavy (non-hydrogen) atoms. The molecule has 0 saturated carbocycles. The van der Waals surface area contributed by atoms with Crippen LogP contribution in [-0.4, -0.2) is 39.4 Å². The lowest BCUT2D eigenvalue weighted by atomic mass is 10.1. The predicted molar refractivity (Wildman–Crippen MR) is 123 cm³/mol. The van der Waals surface area contributed by atoms with Crippen molar-refractivity contribution in [1.29, 1.82) is 0 Å². The van der Waals surface area contributed by atoms with E-state index in [1.54, 1.807) is 9.25 Å². The van der Waals surface area contributed by atoms with Crippen LogP contribution in [0.1, 0.15) is 30.3 Å². The molecular formula is C22H22N8OS. The third-order valence-electron chi connectivity index (χ3n) is 5.43. The molecule has 0 bridgehead atoms. The Morgan fingerprint density at radius 3 is 2.53 bits per heavy atom. The molecule has 0 atom stereocenters. The average molecular weight is 447 g/mol. The molecule has 5 aromatic rings. The first-order valence-corrected chi connectivity index (χ1v) is 11.4. The van der Waals surface area contributed by atoms with Gasteiger partial charge in [-0.15, -0.1) is 15.3 Å². The van der Waals surface area contributed by atoms with Crippen molar-refractivity contribution in [2.24, 2.45) is 0 Å². The van der Waals surface area contributed by atoms with Crippen molar-refractivity contribution in [3.63, 3.8) is 0 Å². The fraction of sp³-hybridized carbons (Fsp3) is 0.273. The van der Waals surface area contributed by atoms with Crippen molar-refractivity contribution >= 4 is 28.4 Å². The van der Waals surface area contributed by atoms with E-state index >= 15 is 0 Å². The first kappa shape index (κ1) is 20.4. The van der Waals surface area contributed by atoms with Crippen LogP contribution in [0.3, 0.4) is 0 Å². The summed E-state index contributed by atoms with van der Waals surface area (Å²) < 4.78 is 5.42. The number of aromatic nitrogens is 8. The fourth-order valence-electron chi connectivity index (χ4n) is 3.97. The van der Waals surface area contributed by atoms with Gasteiger partial charge in [0.25, 0.3) is 5.56 Å². The second-order valence-electron chi connectivity index (χ2n) is 7.62. The Hall–Kier alpha value is -3.53. The number of benzene rings is 2. The van der Waals surface area contributed by atoms with Crippen molar-refractivity contribution in [2.75, 3.05) is 0 Å². The van der Waals surface area contributed by atoms with Gasteiger partial charge >= 0.3 is 0 Å². The predicted octanol–water partition coefficient (Wildman–Crippen LogP) is 3.34. The van der Waals surface area contributed by atoms with E-state index < -0.39 is 0 Å². The zero-order valence-electron chi connectivity index (χ0n) is 18.1. The molecule has 5 rings (SSSR count). The highest BCUT2D eigenvalue weighted by molar-refractivity contribution is 7.98. The summed E-state index contributed by atoms with van der Waals surface area (Å²) in [5.74, 6) is 1.81. The third-order valence-corrected chi connectivity index (χ3v) is 6.35. The number of tetrazole rings is 1. The van der Waals surface area contributed by atoms with Gasteiger partial charge in [-0.3, -0.25) is 9.20 Å². The minimum atomic E-state index is -0.110. The standard InChI is InChI=1S/C22H22N8OS/c1-4-12-28-18(23-26-27-28)13-32-22-25-24-21-29(22)17-11-6-5-10-16(17)20(31)30(21)19-14(2)8-7-9-15(19)3/h5-11H,4,12-13H2,1-3H3. The van der Waals surface area contributed by atoms with Crippen LogP contribution in [0.4, 0.5) is 0 Å². The van der Waals surface area contributed by atoms with E-state index in [4.69, 9.17) is 0 Å². The molecule has 0 spiro atoms. The Balaban J connectivity index is 1.72. The number of thioether (sulfide) groups is 1. The Kier molecular flexibility index (Phi) is 5.22. The Morgan fingerprint density at radius 1 is 0.969 bits per heavy atom. The van der Waals surface area contributed by atoms with Crippen molar-refractivity contribution < 1.29 is 0 Å². The van der Waals surface area contributed by atoms with Gasteiger partial charge in [-0.25, -0.2) is 9.25 Å². The van der Waals surface area contributed by atoms with E-state index in [1.807, 2.05) is 60.7 Å². The third kappa shape index (κ3) is 3.27. The van der Waals surface area contributed by atoms with Gasteiger partial charge in [0.05, 0.1) is 22.3 Å². The molecule has 3 heterocycles. The second kappa shape index (κ2) is 8.19. The Morgan fingerprint density at radius 2 is 1.75 bits per heavy atom. The molecule has 162 valence electrons. The molecule has 3 aromatic heterocycles. The summed E-state index contributed by atoms with van der Waals surface area (Å²) in [7, 11) is 0. The number of aryl methyl sites for hydroxylation is 3. The summed E-state index contributed by atoms with van der Waals surface area (Å²) in [6, 6.07) is 13.6. The lowest BCUT2D eigenvalue weighted by molar-refractivity contribution is 0.564. The van der Waals surface area contributed by atoms with Gasteiger partial charge in [0.2, 0.25) is 5.78 Å². The topological polar surface area (TPSA) is 95.8 Å². The summed E-state index contributed by atoms with van der Waals surface area (Å²) in [5, 5.41) is 22.2. The maximum atomic E-state index is 13.6. The molecule has 2 aromatic carbocycles. The highest BCUT2D eigenvalue weighted by atomic mass is 32.2. The van der Waals surface area contributed by atoms with Crippen LogP contribution in [0.15, 0.2) is 52.4 Å². The maximum absolute atomic E-state index is 13.6. The summed E-state index contributed by atoms with van der Waals surface area (Å²) >= 11 is 1.50. The molecule has 0 N–H and O–H groups in total. The molecule has 0 fully saturated rings. The minimum Gasteiger partial charge on any atom is -0.268 e. The normalized spacial score (nSPS) is 11.6. The van der Waals surface area contributed by atoms with Crippen LogP contribution in [0, 0.1) is 13.8 Å². The van der Waals surface area contributed by atoms with E-state index in [1.165, 1.54) is 11.8 Å². The average Bonchev–Trinajstić information content (AvgIpc) is 3.41. The lowest BCUT2D eigenvalue weighted by Crippen LogP contribution is -2.23. The molecule has 10 heteroatoms. The first-order valence-electron chi connectivity index (χ1n) is 10.4. The van der Waals surface area contributed by atoms with Crippen molar-refractivity contribution in [1.82, 2.24) is 39.4 Å². The van der Waals surface area contributed by atoms with Crippen molar-refractivity contribution in [2.45, 2.75) is 44.6 Å². The van der Waals surface area contributed by atoms with E-state index in [9.17, 15) is 4.79 Å². The van der Waals surface area contributed by atoms with Gasteiger partial charge in [-0.05, 0) is 54.0 Å². The van der Waals surface area contributed by atoms with Crippen LogP contribution in [0.25, 0.3) is 22.4 Å². The summed E-state index contributed by atoms with van der Waals surface area (Å²) in [6.45, 7) is 6.85. The molecule has 0 unspecified atom stereocenters. The maximum Gasteiger partial charge on any atom is 0.267 e. The molecule has 0 aliphatic heterocycles. The second-order valence-corrected chi connectivity index (χ2v) is 8.57. The zero-order chi connectivity index (χ0) is 22.2. The van der Waals surface area contributed by atoms with Crippen molar-refractivity contribution in [3.8, 4) is 5.69 Å². The molecule has 0 saturated heterocycles.